The molecule has 0 saturated carbocycles. The molecule has 1 aliphatic rings. The summed E-state index contributed by atoms with van der Waals surface area (Å²) in [4.78, 5) is 33.2. The van der Waals surface area contributed by atoms with Crippen LogP contribution in [0.3, 0.4) is 0 Å². The maximum Gasteiger partial charge on any atom is 0.282 e. The van der Waals surface area contributed by atoms with E-state index in [0.717, 1.165) is 17.1 Å². The third-order valence-electron chi connectivity index (χ3n) is 6.51. The predicted octanol–water partition coefficient (Wildman–Crippen LogP) is 4.04. The number of fused-ring (bicyclic) bond motifs is 2. The first-order valence-corrected chi connectivity index (χ1v) is 12.3. The van der Waals surface area contributed by atoms with E-state index in [2.05, 4.69) is 31.9 Å². The van der Waals surface area contributed by atoms with E-state index in [4.69, 9.17) is 9.72 Å². The Kier molecular flexibility index (Phi) is 6.19. The third kappa shape index (κ3) is 4.91. The van der Waals surface area contributed by atoms with Crippen molar-refractivity contribution >= 4 is 39.9 Å². The Hall–Kier alpha value is -5.13. The van der Waals surface area contributed by atoms with Crippen molar-refractivity contribution in [2.24, 2.45) is 0 Å². The lowest BCUT2D eigenvalue weighted by Gasteiger charge is -2.35. The van der Waals surface area contributed by atoms with Crippen molar-refractivity contribution in [2.45, 2.75) is 6.92 Å². The second-order valence-corrected chi connectivity index (χ2v) is 9.08. The SMILES string of the molecule is C=C(F)C(=O)N1CCN(c2ccc3ncnc(Nc4ccc(Oc5ccn6ncnc6c5)c(C)c4)c3n2)CC1. The summed E-state index contributed by atoms with van der Waals surface area (Å²) in [7, 11) is 0. The molecule has 0 atom stereocenters. The zero-order valence-corrected chi connectivity index (χ0v) is 21.1. The molecule has 4 aromatic heterocycles. The second kappa shape index (κ2) is 9.97. The van der Waals surface area contributed by atoms with Crippen LogP contribution in [0.1, 0.15) is 5.56 Å². The summed E-state index contributed by atoms with van der Waals surface area (Å²) in [5, 5.41) is 7.45. The van der Waals surface area contributed by atoms with Crippen molar-refractivity contribution in [3.05, 3.63) is 79.3 Å². The van der Waals surface area contributed by atoms with Crippen LogP contribution in [0.4, 0.5) is 21.7 Å². The van der Waals surface area contributed by atoms with E-state index >= 15 is 0 Å². The Morgan fingerprint density at radius 3 is 2.67 bits per heavy atom. The van der Waals surface area contributed by atoms with Gasteiger partial charge in [-0.05, 0) is 48.9 Å². The van der Waals surface area contributed by atoms with Gasteiger partial charge in [0.05, 0.1) is 5.52 Å². The summed E-state index contributed by atoms with van der Waals surface area (Å²) in [6.07, 6.45) is 4.78. The number of hydrogen-bond donors (Lipinski definition) is 1. The highest BCUT2D eigenvalue weighted by Gasteiger charge is 2.24. The van der Waals surface area contributed by atoms with E-state index in [1.54, 1.807) is 10.7 Å². The standard InChI is InChI=1S/C27H24FN9O2/c1-17-13-19(3-5-22(17)39-20-7-8-37-24(14-20)30-16-32-37)33-26-25-21(29-15-31-26)4-6-23(34-25)35-9-11-36(12-10-35)27(38)18(2)28/h3-8,13-16H,2,9-12H2,1H3,(H,29,31,33). The molecule has 0 spiro atoms. The van der Waals surface area contributed by atoms with Gasteiger partial charge in [-0.2, -0.15) is 5.10 Å². The summed E-state index contributed by atoms with van der Waals surface area (Å²) in [5.74, 6) is 1.07. The molecule has 12 heteroatoms. The minimum absolute atomic E-state index is 0.387. The molecule has 1 N–H and O–H groups in total. The van der Waals surface area contributed by atoms with Gasteiger partial charge in [0.2, 0.25) is 0 Å². The molecule has 0 unspecified atom stereocenters. The number of carbonyl (C=O) groups is 1. The van der Waals surface area contributed by atoms with Crippen LogP contribution in [0.15, 0.2) is 73.7 Å². The molecule has 0 radical (unpaired) electrons. The number of pyridine rings is 2. The number of hydrogen-bond acceptors (Lipinski definition) is 9. The summed E-state index contributed by atoms with van der Waals surface area (Å²) in [6.45, 7) is 6.90. The molecule has 39 heavy (non-hydrogen) atoms. The third-order valence-corrected chi connectivity index (χ3v) is 6.51. The highest BCUT2D eigenvalue weighted by atomic mass is 19.1. The van der Waals surface area contributed by atoms with Crippen LogP contribution in [-0.2, 0) is 4.79 Å². The lowest BCUT2D eigenvalue weighted by Crippen LogP contribution is -2.49. The number of ether oxygens (including phenoxy) is 1. The smallest absolute Gasteiger partial charge is 0.282 e. The van der Waals surface area contributed by atoms with E-state index in [0.29, 0.717) is 60.2 Å². The highest BCUT2D eigenvalue weighted by molar-refractivity contribution is 5.91. The van der Waals surface area contributed by atoms with Gasteiger partial charge in [-0.3, -0.25) is 4.79 Å². The highest BCUT2D eigenvalue weighted by Crippen LogP contribution is 2.30. The minimum atomic E-state index is -0.941. The van der Waals surface area contributed by atoms with Crippen LogP contribution in [-0.4, -0.2) is 66.5 Å². The fourth-order valence-electron chi connectivity index (χ4n) is 4.47. The summed E-state index contributed by atoms with van der Waals surface area (Å²) in [6, 6.07) is 13.2. The molecule has 1 fully saturated rings. The molecule has 11 nitrogen and oxygen atoms in total. The Balaban J connectivity index is 1.20. The maximum absolute atomic E-state index is 13.2. The van der Waals surface area contributed by atoms with E-state index in [-0.39, 0.29) is 0 Å². The van der Waals surface area contributed by atoms with Gasteiger partial charge >= 0.3 is 0 Å². The Bertz CT molecular complexity index is 1710. The summed E-state index contributed by atoms with van der Waals surface area (Å²) < 4.78 is 21.0. The number of aryl methyl sites for hydroxylation is 1. The minimum Gasteiger partial charge on any atom is -0.457 e. The molecule has 1 saturated heterocycles. The number of benzene rings is 1. The molecule has 5 heterocycles. The van der Waals surface area contributed by atoms with Crippen molar-refractivity contribution in [1.29, 1.82) is 0 Å². The average Bonchev–Trinajstić information content (AvgIpc) is 3.42. The Morgan fingerprint density at radius 2 is 1.87 bits per heavy atom. The first-order valence-electron chi connectivity index (χ1n) is 12.3. The summed E-state index contributed by atoms with van der Waals surface area (Å²) >= 11 is 0. The number of aromatic nitrogens is 6. The molecule has 196 valence electrons. The Labute approximate surface area is 222 Å². The van der Waals surface area contributed by atoms with Crippen molar-refractivity contribution < 1.29 is 13.9 Å². The topological polar surface area (TPSA) is 114 Å². The van der Waals surface area contributed by atoms with Crippen molar-refractivity contribution in [2.75, 3.05) is 36.4 Å². The fraction of sp³-hybridized carbons (Fsp3) is 0.185. The van der Waals surface area contributed by atoms with Gasteiger partial charge in [0, 0.05) is 44.1 Å². The van der Waals surface area contributed by atoms with Crippen molar-refractivity contribution in [3.63, 3.8) is 0 Å². The van der Waals surface area contributed by atoms with Crippen molar-refractivity contribution in [3.8, 4) is 11.5 Å². The second-order valence-electron chi connectivity index (χ2n) is 9.08. The molecule has 1 aliphatic heterocycles. The molecular weight excluding hydrogens is 501 g/mol. The normalized spacial score (nSPS) is 13.6. The first-order chi connectivity index (χ1) is 18.9. The number of anilines is 3. The first kappa shape index (κ1) is 24.2. The van der Waals surface area contributed by atoms with Gasteiger partial charge in [-0.1, -0.05) is 6.58 Å². The molecule has 1 amide bonds. The van der Waals surface area contributed by atoms with E-state index in [1.807, 2.05) is 54.3 Å². The van der Waals surface area contributed by atoms with Crippen LogP contribution in [0, 0.1) is 6.92 Å². The zero-order valence-electron chi connectivity index (χ0n) is 21.1. The van der Waals surface area contributed by atoms with Gasteiger partial charge in [0.1, 0.15) is 35.5 Å². The molecule has 0 aliphatic carbocycles. The Morgan fingerprint density at radius 1 is 1.03 bits per heavy atom. The van der Waals surface area contributed by atoms with Gasteiger partial charge in [0.25, 0.3) is 5.91 Å². The van der Waals surface area contributed by atoms with E-state index < -0.39 is 11.7 Å². The molecule has 5 aromatic rings. The maximum atomic E-state index is 13.2. The average molecular weight is 526 g/mol. The van der Waals surface area contributed by atoms with E-state index in [1.165, 1.54) is 17.6 Å². The van der Waals surface area contributed by atoms with Crippen LogP contribution >= 0.6 is 0 Å². The molecule has 6 rings (SSSR count). The largest absolute Gasteiger partial charge is 0.457 e. The van der Waals surface area contributed by atoms with Crippen LogP contribution in [0.25, 0.3) is 16.7 Å². The fourth-order valence-corrected chi connectivity index (χ4v) is 4.47. The number of nitrogens with one attached hydrogen (secondary N) is 1. The van der Waals surface area contributed by atoms with Gasteiger partial charge < -0.3 is 19.9 Å². The van der Waals surface area contributed by atoms with Crippen LogP contribution in [0.2, 0.25) is 0 Å². The predicted molar refractivity (Wildman–Crippen MR) is 144 cm³/mol. The van der Waals surface area contributed by atoms with Crippen LogP contribution in [0.5, 0.6) is 11.5 Å². The van der Waals surface area contributed by atoms with Crippen LogP contribution < -0.4 is 15.0 Å². The van der Waals surface area contributed by atoms with Gasteiger partial charge in [0.15, 0.2) is 17.3 Å². The number of rotatable bonds is 6. The number of piperazine rings is 1. The monoisotopic (exact) mass is 525 g/mol. The number of nitrogens with zero attached hydrogens (tertiary/aromatic N) is 8. The number of carbonyl (C=O) groups excluding carboxylic acids is 1. The lowest BCUT2D eigenvalue weighted by molar-refractivity contribution is -0.128. The summed E-state index contributed by atoms with van der Waals surface area (Å²) in [5.41, 5.74) is 3.76. The molecule has 0 bridgehead atoms. The molecular formula is C27H24FN9O2. The molecule has 1 aromatic carbocycles. The number of amides is 1. The van der Waals surface area contributed by atoms with Gasteiger partial charge in [-0.25, -0.2) is 28.8 Å². The van der Waals surface area contributed by atoms with Crippen molar-refractivity contribution in [1.82, 2.24) is 34.4 Å². The zero-order chi connectivity index (χ0) is 26.9. The van der Waals surface area contributed by atoms with E-state index in [9.17, 15) is 9.18 Å². The number of halogens is 1. The lowest BCUT2D eigenvalue weighted by atomic mass is 10.2. The van der Waals surface area contributed by atoms with Gasteiger partial charge in [-0.15, -0.1) is 0 Å². The quantitative estimate of drug-likeness (QED) is 0.328.